The van der Waals surface area contributed by atoms with Gasteiger partial charge in [-0.2, -0.15) is 0 Å². The Morgan fingerprint density at radius 1 is 1.23 bits per heavy atom. The number of nitrogens with zero attached hydrogens (tertiary/aromatic N) is 3. The van der Waals surface area contributed by atoms with Gasteiger partial charge in [0.05, 0.1) is 27.6 Å². The Morgan fingerprint density at radius 2 is 1.94 bits per heavy atom. The lowest BCUT2D eigenvalue weighted by atomic mass is 9.95. The average Bonchev–Trinajstić information content (AvgIpc) is 3.06. The van der Waals surface area contributed by atoms with Gasteiger partial charge in [0.1, 0.15) is 15.6 Å². The fraction of sp³-hybridized carbons (Fsp3) is 0.381. The Balaban J connectivity index is 1.60. The molecule has 3 aromatic rings. The number of benzene rings is 1. The SMILES string of the molecule is Cc1c(Oc2ccc(Cl)cn2)ccc2c1nc(C(=O)NC1(C)CCS(=O)(=O)CC1)n2C. The minimum absolute atomic E-state index is 0.0743. The Morgan fingerprint density at radius 3 is 2.58 bits per heavy atom. The van der Waals surface area contributed by atoms with Gasteiger partial charge in [0, 0.05) is 30.4 Å². The van der Waals surface area contributed by atoms with Crippen LogP contribution in [0.1, 0.15) is 35.9 Å². The average molecular weight is 463 g/mol. The maximum atomic E-state index is 13.0. The molecule has 3 heterocycles. The molecule has 1 saturated heterocycles. The van der Waals surface area contributed by atoms with E-state index in [1.165, 1.54) is 6.20 Å². The van der Waals surface area contributed by atoms with E-state index in [0.717, 1.165) is 11.1 Å². The van der Waals surface area contributed by atoms with Crippen molar-refractivity contribution < 1.29 is 17.9 Å². The van der Waals surface area contributed by atoms with Gasteiger partial charge in [-0.15, -0.1) is 0 Å². The second-order valence-corrected chi connectivity index (χ2v) is 10.9. The van der Waals surface area contributed by atoms with Crippen LogP contribution in [0.15, 0.2) is 30.5 Å². The van der Waals surface area contributed by atoms with Crippen LogP contribution in [0.4, 0.5) is 0 Å². The topological polar surface area (TPSA) is 103 Å². The number of pyridine rings is 1. The largest absolute Gasteiger partial charge is 0.439 e. The molecule has 31 heavy (non-hydrogen) atoms. The molecule has 0 saturated carbocycles. The van der Waals surface area contributed by atoms with Crippen LogP contribution in [0.5, 0.6) is 11.6 Å². The quantitative estimate of drug-likeness (QED) is 0.637. The highest BCUT2D eigenvalue weighted by atomic mass is 35.5. The van der Waals surface area contributed by atoms with Gasteiger partial charge in [-0.25, -0.2) is 18.4 Å². The summed E-state index contributed by atoms with van der Waals surface area (Å²) in [7, 11) is -1.24. The number of sulfone groups is 1. The number of hydrogen-bond acceptors (Lipinski definition) is 6. The van der Waals surface area contributed by atoms with Crippen molar-refractivity contribution in [3.63, 3.8) is 0 Å². The number of aromatic nitrogens is 3. The summed E-state index contributed by atoms with van der Waals surface area (Å²) in [4.78, 5) is 21.7. The highest BCUT2D eigenvalue weighted by Gasteiger charge is 2.35. The van der Waals surface area contributed by atoms with E-state index in [1.807, 2.05) is 26.0 Å². The highest BCUT2D eigenvalue weighted by molar-refractivity contribution is 7.91. The summed E-state index contributed by atoms with van der Waals surface area (Å²) in [6.07, 6.45) is 2.28. The Kier molecular flexibility index (Phi) is 5.43. The van der Waals surface area contributed by atoms with E-state index in [0.29, 0.717) is 35.0 Å². The fourth-order valence-corrected chi connectivity index (χ4v) is 5.51. The summed E-state index contributed by atoms with van der Waals surface area (Å²) < 4.78 is 31.1. The van der Waals surface area contributed by atoms with E-state index in [4.69, 9.17) is 16.3 Å². The Bertz CT molecular complexity index is 1250. The fourth-order valence-electron chi connectivity index (χ4n) is 3.67. The minimum Gasteiger partial charge on any atom is -0.439 e. The number of nitrogens with one attached hydrogen (secondary N) is 1. The summed E-state index contributed by atoms with van der Waals surface area (Å²) >= 11 is 5.87. The van der Waals surface area contributed by atoms with Crippen LogP contribution in [-0.4, -0.2) is 45.9 Å². The number of rotatable bonds is 4. The van der Waals surface area contributed by atoms with E-state index in [9.17, 15) is 13.2 Å². The van der Waals surface area contributed by atoms with Gasteiger partial charge >= 0.3 is 0 Å². The zero-order valence-corrected chi connectivity index (χ0v) is 19.0. The monoisotopic (exact) mass is 462 g/mol. The first-order valence-corrected chi connectivity index (χ1v) is 12.1. The van der Waals surface area contributed by atoms with Crippen LogP contribution in [-0.2, 0) is 16.9 Å². The summed E-state index contributed by atoms with van der Waals surface area (Å²) in [5, 5.41) is 3.51. The lowest BCUT2D eigenvalue weighted by Gasteiger charge is -2.34. The van der Waals surface area contributed by atoms with Crippen molar-refractivity contribution in [2.45, 2.75) is 32.2 Å². The van der Waals surface area contributed by atoms with E-state index in [1.54, 1.807) is 23.7 Å². The van der Waals surface area contributed by atoms with Crippen molar-refractivity contribution in [1.29, 1.82) is 0 Å². The summed E-state index contributed by atoms with van der Waals surface area (Å²) in [6, 6.07) is 7.02. The Hall–Kier alpha value is -2.65. The zero-order valence-electron chi connectivity index (χ0n) is 17.5. The third kappa shape index (κ3) is 4.38. The second kappa shape index (κ2) is 7.80. The van der Waals surface area contributed by atoms with Crippen LogP contribution in [0.3, 0.4) is 0 Å². The van der Waals surface area contributed by atoms with Gasteiger partial charge in [0.15, 0.2) is 5.82 Å². The Labute approximate surface area is 185 Å². The minimum atomic E-state index is -3.02. The highest BCUT2D eigenvalue weighted by Crippen LogP contribution is 2.31. The van der Waals surface area contributed by atoms with Crippen molar-refractivity contribution in [2.75, 3.05) is 11.5 Å². The molecule has 1 aliphatic rings. The molecule has 0 unspecified atom stereocenters. The number of carbonyl (C=O) groups is 1. The van der Waals surface area contributed by atoms with Crippen LogP contribution in [0.25, 0.3) is 11.0 Å². The number of ether oxygens (including phenoxy) is 1. The molecule has 8 nitrogen and oxygen atoms in total. The maximum absolute atomic E-state index is 13.0. The van der Waals surface area contributed by atoms with Crippen molar-refractivity contribution in [3.05, 3.63) is 46.9 Å². The van der Waals surface area contributed by atoms with Gasteiger partial charge in [0.2, 0.25) is 5.88 Å². The number of fused-ring (bicyclic) bond motifs is 1. The molecule has 0 aliphatic carbocycles. The lowest BCUT2D eigenvalue weighted by molar-refractivity contribution is 0.0886. The van der Waals surface area contributed by atoms with Crippen LogP contribution >= 0.6 is 11.6 Å². The van der Waals surface area contributed by atoms with Gasteiger partial charge in [-0.3, -0.25) is 4.79 Å². The molecule has 0 radical (unpaired) electrons. The molecule has 1 fully saturated rings. The van der Waals surface area contributed by atoms with E-state index in [2.05, 4.69) is 15.3 Å². The maximum Gasteiger partial charge on any atom is 0.287 e. The van der Waals surface area contributed by atoms with E-state index < -0.39 is 15.4 Å². The first-order chi connectivity index (χ1) is 14.6. The zero-order chi connectivity index (χ0) is 22.4. The molecule has 1 amide bonds. The third-order valence-electron chi connectivity index (χ3n) is 5.72. The smallest absolute Gasteiger partial charge is 0.287 e. The van der Waals surface area contributed by atoms with Gasteiger partial charge in [-0.05, 0) is 44.9 Å². The summed E-state index contributed by atoms with van der Waals surface area (Å²) in [6.45, 7) is 3.74. The van der Waals surface area contributed by atoms with E-state index >= 15 is 0 Å². The molecule has 10 heteroatoms. The predicted octanol–water partition coefficient (Wildman–Crippen LogP) is 3.42. The number of aryl methyl sites for hydroxylation is 2. The lowest BCUT2D eigenvalue weighted by Crippen LogP contribution is -2.51. The number of halogens is 1. The number of amides is 1. The first kappa shape index (κ1) is 21.6. The standard InChI is InChI=1S/C21H23ClN4O4S/c1-13-16(30-17-7-4-14(22)12-23-17)6-5-15-18(13)24-19(26(15)3)20(27)25-21(2)8-10-31(28,29)11-9-21/h4-7,12H,8-11H2,1-3H3,(H,25,27). The van der Waals surface area contributed by atoms with Crippen molar-refractivity contribution >= 4 is 38.4 Å². The molecule has 0 atom stereocenters. The van der Waals surface area contributed by atoms with Gasteiger partial charge in [-0.1, -0.05) is 11.6 Å². The van der Waals surface area contributed by atoms with Gasteiger partial charge in [0.25, 0.3) is 5.91 Å². The molecule has 0 bridgehead atoms. The molecule has 1 aliphatic heterocycles. The predicted molar refractivity (Wildman–Crippen MR) is 119 cm³/mol. The second-order valence-electron chi connectivity index (χ2n) is 8.13. The molecule has 1 aromatic carbocycles. The van der Waals surface area contributed by atoms with Crippen LogP contribution in [0, 0.1) is 6.92 Å². The molecule has 4 rings (SSSR count). The van der Waals surface area contributed by atoms with E-state index in [-0.39, 0.29) is 23.2 Å². The molecule has 1 N–H and O–H groups in total. The van der Waals surface area contributed by atoms with Gasteiger partial charge < -0.3 is 14.6 Å². The van der Waals surface area contributed by atoms with Crippen molar-refractivity contribution in [2.24, 2.45) is 7.05 Å². The number of hydrogen-bond donors (Lipinski definition) is 1. The normalized spacial score (nSPS) is 17.4. The number of carbonyl (C=O) groups excluding carboxylic acids is 1. The van der Waals surface area contributed by atoms with Crippen molar-refractivity contribution in [1.82, 2.24) is 19.9 Å². The molecule has 2 aromatic heterocycles. The molecule has 0 spiro atoms. The molecular weight excluding hydrogens is 440 g/mol. The summed E-state index contributed by atoms with van der Waals surface area (Å²) in [5.41, 5.74) is 1.63. The van der Waals surface area contributed by atoms with Crippen molar-refractivity contribution in [3.8, 4) is 11.6 Å². The van der Waals surface area contributed by atoms with Crippen LogP contribution < -0.4 is 10.1 Å². The molecule has 164 valence electrons. The number of imidazole rings is 1. The molecular formula is C21H23ClN4O4S. The summed E-state index contributed by atoms with van der Waals surface area (Å²) in [5.74, 6) is 1.06. The third-order valence-corrected chi connectivity index (χ3v) is 7.60. The first-order valence-electron chi connectivity index (χ1n) is 9.85. The van der Waals surface area contributed by atoms with Crippen LogP contribution in [0.2, 0.25) is 5.02 Å².